The fraction of sp³-hybridized carbons (Fsp3) is 0.706. The van der Waals surface area contributed by atoms with E-state index in [9.17, 15) is 4.79 Å². The van der Waals surface area contributed by atoms with Gasteiger partial charge in [0.2, 0.25) is 0 Å². The summed E-state index contributed by atoms with van der Waals surface area (Å²) in [6.45, 7) is 7.01. The van der Waals surface area contributed by atoms with Crippen LogP contribution in [0.5, 0.6) is 0 Å². The van der Waals surface area contributed by atoms with Gasteiger partial charge in [0.15, 0.2) is 6.29 Å². The maximum Gasteiger partial charge on any atom is 0.311 e. The van der Waals surface area contributed by atoms with Gasteiger partial charge in [0, 0.05) is 11.8 Å². The van der Waals surface area contributed by atoms with Crippen LogP contribution in [0, 0.1) is 17.3 Å². The largest absolute Gasteiger partial charge is 0.462 e. The third-order valence-electron chi connectivity index (χ3n) is 4.92. The number of esters is 1. The second-order valence-corrected chi connectivity index (χ2v) is 7.51. The summed E-state index contributed by atoms with van der Waals surface area (Å²) < 4.78 is 23.2. The van der Waals surface area contributed by atoms with Crippen molar-refractivity contribution in [2.75, 3.05) is 19.8 Å². The smallest absolute Gasteiger partial charge is 0.311 e. The van der Waals surface area contributed by atoms with E-state index in [1.165, 1.54) is 11.1 Å². The van der Waals surface area contributed by atoms with Crippen LogP contribution in [0.4, 0.5) is 0 Å². The Balaban J connectivity index is 1.51. The summed E-state index contributed by atoms with van der Waals surface area (Å²) in [6.07, 6.45) is 3.75. The highest BCUT2D eigenvalue weighted by atomic mass is 16.7. The van der Waals surface area contributed by atoms with Crippen molar-refractivity contribution in [2.45, 2.75) is 39.3 Å². The molecule has 120 valence electrons. The Kier molecular flexibility index (Phi) is 3.22. The van der Waals surface area contributed by atoms with E-state index < -0.39 is 5.41 Å². The topological polar surface area (TPSA) is 54.0 Å². The number of rotatable bonds is 2. The SMILES string of the molecule is CC(C)(C)C(=O)OC[C@H]1O[C@@H]2OCC3=CC=C4CO[C@H]1[C@@H]4[C@@H]32. The number of carbonyl (C=O) groups is 1. The van der Waals surface area contributed by atoms with Gasteiger partial charge in [-0.3, -0.25) is 4.79 Å². The first kappa shape index (κ1) is 14.4. The Labute approximate surface area is 130 Å². The number of ether oxygens (including phenoxy) is 4. The first-order valence-corrected chi connectivity index (χ1v) is 7.90. The molecule has 3 fully saturated rings. The molecule has 5 atom stereocenters. The van der Waals surface area contributed by atoms with E-state index >= 15 is 0 Å². The molecule has 3 aliphatic heterocycles. The molecule has 22 heavy (non-hydrogen) atoms. The molecule has 0 saturated carbocycles. The first-order chi connectivity index (χ1) is 10.4. The van der Waals surface area contributed by atoms with Crippen LogP contribution >= 0.6 is 0 Å². The van der Waals surface area contributed by atoms with Crippen molar-refractivity contribution in [1.29, 1.82) is 0 Å². The van der Waals surface area contributed by atoms with Crippen LogP contribution in [0.15, 0.2) is 23.3 Å². The van der Waals surface area contributed by atoms with Gasteiger partial charge < -0.3 is 18.9 Å². The van der Waals surface area contributed by atoms with Gasteiger partial charge in [0.25, 0.3) is 0 Å². The van der Waals surface area contributed by atoms with Crippen molar-refractivity contribution < 1.29 is 23.7 Å². The molecule has 5 nitrogen and oxygen atoms in total. The Morgan fingerprint density at radius 1 is 1.18 bits per heavy atom. The maximum absolute atomic E-state index is 12.0. The van der Waals surface area contributed by atoms with E-state index in [4.69, 9.17) is 18.9 Å². The van der Waals surface area contributed by atoms with E-state index in [1.807, 2.05) is 20.8 Å². The highest BCUT2D eigenvalue weighted by Gasteiger charge is 2.55. The number of hydrogen-bond donors (Lipinski definition) is 0. The molecular weight excluding hydrogens is 284 g/mol. The summed E-state index contributed by atoms with van der Waals surface area (Å²) in [6, 6.07) is 0. The lowest BCUT2D eigenvalue weighted by atomic mass is 9.74. The zero-order chi connectivity index (χ0) is 15.5. The van der Waals surface area contributed by atoms with E-state index in [0.29, 0.717) is 19.1 Å². The molecule has 0 unspecified atom stereocenters. The van der Waals surface area contributed by atoms with Crippen LogP contribution in [0.25, 0.3) is 0 Å². The summed E-state index contributed by atoms with van der Waals surface area (Å²) in [7, 11) is 0. The third kappa shape index (κ3) is 2.14. The van der Waals surface area contributed by atoms with Gasteiger partial charge in [-0.1, -0.05) is 12.2 Å². The van der Waals surface area contributed by atoms with Crippen molar-refractivity contribution in [3.63, 3.8) is 0 Å². The van der Waals surface area contributed by atoms with E-state index in [-0.39, 0.29) is 37.0 Å². The lowest BCUT2D eigenvalue weighted by Gasteiger charge is -2.41. The van der Waals surface area contributed by atoms with Gasteiger partial charge in [0.05, 0.1) is 24.7 Å². The van der Waals surface area contributed by atoms with E-state index in [0.717, 1.165) is 0 Å². The standard InChI is InChI=1S/C17H22O5/c1-17(2,3)16(18)21-8-11-14-12-9(6-19-14)4-5-10-7-20-15(22-11)13(10)12/h4-5,11-15H,6-8H2,1-3H3/t11-,12+,13-,14-,15+/m1/s1. The van der Waals surface area contributed by atoms with Crippen LogP contribution in [-0.2, 0) is 23.7 Å². The average molecular weight is 306 g/mol. The monoisotopic (exact) mass is 306 g/mol. The summed E-state index contributed by atoms with van der Waals surface area (Å²) in [5.74, 6) is 0.352. The maximum atomic E-state index is 12.0. The van der Waals surface area contributed by atoms with Gasteiger partial charge in [-0.25, -0.2) is 0 Å². The minimum Gasteiger partial charge on any atom is -0.462 e. The van der Waals surface area contributed by atoms with Gasteiger partial charge in [-0.05, 0) is 31.9 Å². The molecule has 4 aliphatic rings. The lowest BCUT2D eigenvalue weighted by molar-refractivity contribution is -0.238. The summed E-state index contributed by atoms with van der Waals surface area (Å²) in [4.78, 5) is 12.0. The third-order valence-corrected chi connectivity index (χ3v) is 4.92. The number of carbonyl (C=O) groups excluding carboxylic acids is 1. The summed E-state index contributed by atoms with van der Waals surface area (Å²) >= 11 is 0. The lowest BCUT2D eigenvalue weighted by Crippen LogP contribution is -2.51. The Morgan fingerprint density at radius 2 is 1.86 bits per heavy atom. The molecule has 0 bridgehead atoms. The molecule has 0 spiro atoms. The molecule has 3 saturated heterocycles. The van der Waals surface area contributed by atoms with Crippen molar-refractivity contribution in [1.82, 2.24) is 0 Å². The predicted octanol–water partition coefficient (Wildman–Crippen LogP) is 1.83. The van der Waals surface area contributed by atoms with Crippen LogP contribution in [-0.4, -0.2) is 44.3 Å². The van der Waals surface area contributed by atoms with Gasteiger partial charge in [-0.2, -0.15) is 0 Å². The minimum absolute atomic E-state index is 0.0503. The molecule has 0 aromatic carbocycles. The Bertz CT molecular complexity index is 556. The molecule has 0 amide bonds. The molecule has 4 rings (SSSR count). The fourth-order valence-electron chi connectivity index (χ4n) is 3.74. The highest BCUT2D eigenvalue weighted by molar-refractivity contribution is 5.75. The molecule has 0 aromatic rings. The quantitative estimate of drug-likeness (QED) is 0.729. The number of allylic oxidation sites excluding steroid dienone is 2. The molecule has 1 aliphatic carbocycles. The first-order valence-electron chi connectivity index (χ1n) is 7.90. The van der Waals surface area contributed by atoms with Crippen molar-refractivity contribution in [2.24, 2.45) is 17.3 Å². The van der Waals surface area contributed by atoms with E-state index in [1.54, 1.807) is 0 Å². The van der Waals surface area contributed by atoms with Gasteiger partial charge in [-0.15, -0.1) is 0 Å². The highest BCUT2D eigenvalue weighted by Crippen LogP contribution is 2.50. The number of hydrogen-bond acceptors (Lipinski definition) is 5. The van der Waals surface area contributed by atoms with Crippen LogP contribution in [0.1, 0.15) is 20.8 Å². The molecule has 0 radical (unpaired) electrons. The van der Waals surface area contributed by atoms with Crippen LogP contribution in [0.3, 0.4) is 0 Å². The summed E-state index contributed by atoms with van der Waals surface area (Å²) in [5.41, 5.74) is 2.09. The Hall–Kier alpha value is -1.17. The van der Waals surface area contributed by atoms with Crippen LogP contribution < -0.4 is 0 Å². The van der Waals surface area contributed by atoms with Crippen molar-refractivity contribution >= 4 is 5.97 Å². The zero-order valence-electron chi connectivity index (χ0n) is 13.2. The summed E-state index contributed by atoms with van der Waals surface area (Å²) in [5, 5.41) is 0. The van der Waals surface area contributed by atoms with Crippen molar-refractivity contribution in [3.05, 3.63) is 23.3 Å². The van der Waals surface area contributed by atoms with Gasteiger partial charge in [0.1, 0.15) is 12.7 Å². The zero-order valence-corrected chi connectivity index (χ0v) is 13.2. The second-order valence-electron chi connectivity index (χ2n) is 7.51. The molecule has 0 aromatic heterocycles. The fourth-order valence-corrected chi connectivity index (χ4v) is 3.74. The molecule has 5 heteroatoms. The molecule has 0 N–H and O–H groups in total. The minimum atomic E-state index is -0.511. The molecule has 3 heterocycles. The Morgan fingerprint density at radius 3 is 2.59 bits per heavy atom. The second kappa shape index (κ2) is 4.91. The van der Waals surface area contributed by atoms with Crippen molar-refractivity contribution in [3.8, 4) is 0 Å². The van der Waals surface area contributed by atoms with Gasteiger partial charge >= 0.3 is 5.97 Å². The van der Waals surface area contributed by atoms with E-state index in [2.05, 4.69) is 12.2 Å². The average Bonchev–Trinajstić information content (AvgIpc) is 3.05. The normalized spacial score (nSPS) is 39.1. The van der Waals surface area contributed by atoms with Crippen LogP contribution in [0.2, 0.25) is 0 Å². The predicted molar refractivity (Wildman–Crippen MR) is 77.9 cm³/mol. The molecular formula is C17H22O5.